The van der Waals surface area contributed by atoms with Crippen LogP contribution < -0.4 is 16.6 Å². The molecule has 0 saturated heterocycles. The van der Waals surface area contributed by atoms with Crippen LogP contribution in [-0.4, -0.2) is 12.5 Å². The van der Waals surface area contributed by atoms with E-state index in [1.54, 1.807) is 0 Å². The first-order chi connectivity index (χ1) is 10.1. The summed E-state index contributed by atoms with van der Waals surface area (Å²) in [6, 6.07) is 12.3. The molecule has 0 aliphatic carbocycles. The molecule has 4 N–H and O–H groups in total. The summed E-state index contributed by atoms with van der Waals surface area (Å²) >= 11 is 0. The SMILES string of the molecule is Cc1ccccc1CCNC(=O)c1cccc(F)c1NN. The highest BCUT2D eigenvalue weighted by molar-refractivity contribution is 5.99. The molecule has 0 bridgehead atoms. The van der Waals surface area contributed by atoms with Crippen LogP contribution in [0.3, 0.4) is 0 Å². The van der Waals surface area contributed by atoms with Crippen molar-refractivity contribution in [2.75, 3.05) is 12.0 Å². The van der Waals surface area contributed by atoms with Gasteiger partial charge in [0.15, 0.2) is 0 Å². The van der Waals surface area contributed by atoms with Crippen molar-refractivity contribution < 1.29 is 9.18 Å². The van der Waals surface area contributed by atoms with E-state index in [0.717, 1.165) is 6.42 Å². The molecule has 0 fully saturated rings. The number of hydrogen-bond donors (Lipinski definition) is 3. The molecule has 1 amide bonds. The summed E-state index contributed by atoms with van der Waals surface area (Å²) in [5, 5.41) is 2.78. The monoisotopic (exact) mass is 287 g/mol. The van der Waals surface area contributed by atoms with Crippen molar-refractivity contribution in [1.82, 2.24) is 5.32 Å². The van der Waals surface area contributed by atoms with Crippen LogP contribution >= 0.6 is 0 Å². The minimum atomic E-state index is -0.552. The number of nitrogens with one attached hydrogen (secondary N) is 2. The van der Waals surface area contributed by atoms with E-state index < -0.39 is 5.82 Å². The number of nitrogens with two attached hydrogens (primary N) is 1. The van der Waals surface area contributed by atoms with Crippen LogP contribution in [-0.2, 0) is 6.42 Å². The Morgan fingerprint density at radius 2 is 1.95 bits per heavy atom. The zero-order valence-corrected chi connectivity index (χ0v) is 11.8. The molecular formula is C16H18FN3O. The number of carbonyl (C=O) groups is 1. The Labute approximate surface area is 123 Å². The molecule has 0 unspecified atom stereocenters. The summed E-state index contributed by atoms with van der Waals surface area (Å²) in [6.45, 7) is 2.50. The number of halogens is 1. The molecule has 4 nitrogen and oxygen atoms in total. The zero-order valence-electron chi connectivity index (χ0n) is 11.8. The molecule has 0 atom stereocenters. The standard InChI is InChI=1S/C16H18FN3O/c1-11-5-2-3-6-12(11)9-10-19-16(21)13-7-4-8-14(17)15(13)20-18/h2-8,20H,9-10,18H2,1H3,(H,19,21). The maximum Gasteiger partial charge on any atom is 0.253 e. The van der Waals surface area contributed by atoms with Gasteiger partial charge in [0.1, 0.15) is 5.82 Å². The third-order valence-electron chi connectivity index (χ3n) is 3.34. The fourth-order valence-electron chi connectivity index (χ4n) is 2.16. The molecule has 0 radical (unpaired) electrons. The Morgan fingerprint density at radius 1 is 1.19 bits per heavy atom. The van der Waals surface area contributed by atoms with Crippen molar-refractivity contribution in [2.24, 2.45) is 5.84 Å². The smallest absolute Gasteiger partial charge is 0.253 e. The number of hydrogen-bond acceptors (Lipinski definition) is 3. The van der Waals surface area contributed by atoms with Crippen LogP contribution in [0.15, 0.2) is 42.5 Å². The summed E-state index contributed by atoms with van der Waals surface area (Å²) in [5.41, 5.74) is 4.79. The van der Waals surface area contributed by atoms with E-state index in [2.05, 4.69) is 10.7 Å². The van der Waals surface area contributed by atoms with Gasteiger partial charge in [-0.25, -0.2) is 4.39 Å². The molecule has 0 saturated carbocycles. The van der Waals surface area contributed by atoms with Gasteiger partial charge >= 0.3 is 0 Å². The number of aryl methyl sites for hydroxylation is 1. The minimum absolute atomic E-state index is 0.00546. The second kappa shape index (κ2) is 6.85. The Balaban J connectivity index is 2.00. The van der Waals surface area contributed by atoms with Gasteiger partial charge < -0.3 is 10.7 Å². The molecule has 5 heteroatoms. The Bertz CT molecular complexity index is 643. The average molecular weight is 287 g/mol. The zero-order chi connectivity index (χ0) is 15.2. The Kier molecular flexibility index (Phi) is 4.90. The number of nitrogen functional groups attached to an aromatic ring is 1. The third kappa shape index (κ3) is 3.58. The molecule has 0 aliphatic rings. The number of para-hydroxylation sites is 1. The van der Waals surface area contributed by atoms with Crippen molar-refractivity contribution in [1.29, 1.82) is 0 Å². The number of anilines is 1. The van der Waals surface area contributed by atoms with Gasteiger partial charge in [-0.05, 0) is 36.6 Å². The second-order valence-corrected chi connectivity index (χ2v) is 4.74. The molecule has 2 rings (SSSR count). The van der Waals surface area contributed by atoms with Crippen LogP contribution in [0.4, 0.5) is 10.1 Å². The van der Waals surface area contributed by atoms with Gasteiger partial charge in [-0.1, -0.05) is 30.3 Å². The van der Waals surface area contributed by atoms with Gasteiger partial charge in [0.2, 0.25) is 0 Å². The van der Waals surface area contributed by atoms with Crippen LogP contribution in [0, 0.1) is 12.7 Å². The van der Waals surface area contributed by atoms with Gasteiger partial charge in [0.05, 0.1) is 11.3 Å². The predicted octanol–water partition coefficient (Wildman–Crippen LogP) is 2.39. The maximum absolute atomic E-state index is 13.5. The summed E-state index contributed by atoms with van der Waals surface area (Å²) in [6.07, 6.45) is 0.721. The normalized spacial score (nSPS) is 10.2. The second-order valence-electron chi connectivity index (χ2n) is 4.74. The first-order valence-corrected chi connectivity index (χ1v) is 6.71. The number of amides is 1. The molecule has 0 heterocycles. The lowest BCUT2D eigenvalue weighted by Crippen LogP contribution is -2.27. The minimum Gasteiger partial charge on any atom is -0.352 e. The van der Waals surface area contributed by atoms with Crippen molar-refractivity contribution in [2.45, 2.75) is 13.3 Å². The van der Waals surface area contributed by atoms with E-state index >= 15 is 0 Å². The summed E-state index contributed by atoms with van der Waals surface area (Å²) < 4.78 is 13.5. The quantitative estimate of drug-likeness (QED) is 0.584. The van der Waals surface area contributed by atoms with Crippen LogP contribution in [0.1, 0.15) is 21.5 Å². The summed E-state index contributed by atoms with van der Waals surface area (Å²) in [7, 11) is 0. The average Bonchev–Trinajstić information content (AvgIpc) is 2.48. The van der Waals surface area contributed by atoms with E-state index in [-0.39, 0.29) is 17.2 Å². The van der Waals surface area contributed by atoms with Gasteiger partial charge in [-0.2, -0.15) is 0 Å². The van der Waals surface area contributed by atoms with Gasteiger partial charge in [0, 0.05) is 6.54 Å². The highest BCUT2D eigenvalue weighted by Gasteiger charge is 2.13. The Morgan fingerprint density at radius 3 is 2.67 bits per heavy atom. The van der Waals surface area contributed by atoms with Crippen LogP contribution in [0.25, 0.3) is 0 Å². The highest BCUT2D eigenvalue weighted by atomic mass is 19.1. The van der Waals surface area contributed by atoms with E-state index in [1.807, 2.05) is 31.2 Å². The molecule has 21 heavy (non-hydrogen) atoms. The largest absolute Gasteiger partial charge is 0.352 e. The van der Waals surface area contributed by atoms with Gasteiger partial charge in [0.25, 0.3) is 5.91 Å². The molecular weight excluding hydrogens is 269 g/mol. The first kappa shape index (κ1) is 15.0. The number of rotatable bonds is 5. The lowest BCUT2D eigenvalue weighted by Gasteiger charge is -2.11. The van der Waals surface area contributed by atoms with E-state index in [0.29, 0.717) is 6.54 Å². The Hall–Kier alpha value is -2.40. The molecule has 2 aromatic carbocycles. The summed E-state index contributed by atoms with van der Waals surface area (Å²) in [4.78, 5) is 12.1. The topological polar surface area (TPSA) is 67.2 Å². The molecule has 110 valence electrons. The van der Waals surface area contributed by atoms with E-state index in [9.17, 15) is 9.18 Å². The summed E-state index contributed by atoms with van der Waals surface area (Å²) in [5.74, 6) is 4.36. The highest BCUT2D eigenvalue weighted by Crippen LogP contribution is 2.18. The van der Waals surface area contributed by atoms with Crippen molar-refractivity contribution in [3.05, 3.63) is 65.0 Å². The van der Waals surface area contributed by atoms with Gasteiger partial charge in [-0.15, -0.1) is 0 Å². The van der Waals surface area contributed by atoms with Gasteiger partial charge in [-0.3, -0.25) is 10.6 Å². The number of benzene rings is 2. The van der Waals surface area contributed by atoms with Crippen LogP contribution in [0.2, 0.25) is 0 Å². The first-order valence-electron chi connectivity index (χ1n) is 6.71. The fourth-order valence-corrected chi connectivity index (χ4v) is 2.16. The predicted molar refractivity (Wildman–Crippen MR) is 81.4 cm³/mol. The van der Waals surface area contributed by atoms with Crippen molar-refractivity contribution in [3.8, 4) is 0 Å². The van der Waals surface area contributed by atoms with E-state index in [4.69, 9.17) is 5.84 Å². The molecule has 2 aromatic rings. The maximum atomic E-state index is 13.5. The van der Waals surface area contributed by atoms with Crippen molar-refractivity contribution >= 4 is 11.6 Å². The lowest BCUT2D eigenvalue weighted by atomic mass is 10.1. The number of carbonyl (C=O) groups excluding carboxylic acids is 1. The van der Waals surface area contributed by atoms with E-state index in [1.165, 1.54) is 29.3 Å². The molecule has 0 aromatic heterocycles. The van der Waals surface area contributed by atoms with Crippen LogP contribution in [0.5, 0.6) is 0 Å². The fraction of sp³-hybridized carbons (Fsp3) is 0.188. The number of hydrazine groups is 1. The molecule has 0 aliphatic heterocycles. The third-order valence-corrected chi connectivity index (χ3v) is 3.34. The van der Waals surface area contributed by atoms with Crippen molar-refractivity contribution in [3.63, 3.8) is 0 Å². The lowest BCUT2D eigenvalue weighted by molar-refractivity contribution is 0.0954. The molecule has 0 spiro atoms.